The van der Waals surface area contributed by atoms with Crippen molar-refractivity contribution >= 4 is 22.7 Å². The van der Waals surface area contributed by atoms with Gasteiger partial charge < -0.3 is 15.2 Å². The maximum absolute atomic E-state index is 14.7. The van der Waals surface area contributed by atoms with Crippen LogP contribution in [0.3, 0.4) is 0 Å². The van der Waals surface area contributed by atoms with Gasteiger partial charge in [-0.3, -0.25) is 0 Å². The van der Waals surface area contributed by atoms with Gasteiger partial charge in [0, 0.05) is 56.0 Å². The fourth-order valence-electron chi connectivity index (χ4n) is 3.55. The molecule has 4 heterocycles. The molecule has 0 saturated carbocycles. The highest BCUT2D eigenvalue weighted by Crippen LogP contribution is 2.30. The summed E-state index contributed by atoms with van der Waals surface area (Å²) in [4.78, 5) is 16.6. The summed E-state index contributed by atoms with van der Waals surface area (Å²) in [6.45, 7) is 2.08. The van der Waals surface area contributed by atoms with Crippen molar-refractivity contribution in [3.05, 3.63) is 76.6 Å². The Morgan fingerprint density at radius 2 is 1.79 bits per heavy atom. The van der Waals surface area contributed by atoms with E-state index >= 15 is 0 Å². The van der Waals surface area contributed by atoms with E-state index < -0.39 is 17.8 Å². The maximum Gasteiger partial charge on any atom is 0.433 e. The summed E-state index contributed by atoms with van der Waals surface area (Å²) >= 11 is 0. The predicted octanol–water partition coefficient (Wildman–Crippen LogP) is 5.09. The molecule has 0 bridgehead atoms. The third kappa shape index (κ3) is 4.89. The van der Waals surface area contributed by atoms with Gasteiger partial charge >= 0.3 is 6.18 Å². The number of rotatable bonds is 6. The molecule has 4 aromatic rings. The number of pyridine rings is 3. The molecule has 6 nitrogen and oxygen atoms in total. The Labute approximate surface area is 187 Å². The van der Waals surface area contributed by atoms with E-state index in [1.54, 1.807) is 32.4 Å². The van der Waals surface area contributed by atoms with Gasteiger partial charge in [-0.1, -0.05) is 12.1 Å². The summed E-state index contributed by atoms with van der Waals surface area (Å²) in [7, 11) is 3.22. The third-order valence-electron chi connectivity index (χ3n) is 5.19. The molecule has 0 saturated heterocycles. The number of nitrogens with one attached hydrogen (secondary N) is 2. The number of hydrogen-bond donors (Lipinski definition) is 2. The number of hydrogen-bond acceptors (Lipinski definition) is 5. The maximum atomic E-state index is 14.7. The van der Waals surface area contributed by atoms with Crippen molar-refractivity contribution in [1.82, 2.24) is 19.9 Å². The number of fused-ring (bicyclic) bond motifs is 1. The standard InChI is InChI=1S/C23H22F4N6/c1-13-8-17-16(12-30-21(17)29-10-13)9-14-5-7-19(32-20(14)24)28-11-15-4-6-18(23(25,26)27)31-22(15)33(2)3/h4-8,10,12H,9,11H2,1-3H3,(H,28,32)(H,29,30). The molecule has 0 aliphatic carbocycles. The van der Waals surface area contributed by atoms with Crippen molar-refractivity contribution in [2.24, 2.45) is 0 Å². The van der Waals surface area contributed by atoms with Crippen molar-refractivity contribution in [1.29, 1.82) is 0 Å². The average Bonchev–Trinajstić information content (AvgIpc) is 3.15. The van der Waals surface area contributed by atoms with Crippen molar-refractivity contribution in [2.45, 2.75) is 26.1 Å². The van der Waals surface area contributed by atoms with Crippen LogP contribution in [0.4, 0.5) is 29.2 Å². The molecule has 172 valence electrons. The van der Waals surface area contributed by atoms with Crippen LogP contribution in [0.1, 0.15) is 27.9 Å². The zero-order valence-electron chi connectivity index (χ0n) is 18.3. The fourth-order valence-corrected chi connectivity index (χ4v) is 3.55. The highest BCUT2D eigenvalue weighted by Gasteiger charge is 2.33. The summed E-state index contributed by atoms with van der Waals surface area (Å²) in [6, 6.07) is 7.57. The minimum Gasteiger partial charge on any atom is -0.366 e. The predicted molar refractivity (Wildman–Crippen MR) is 119 cm³/mol. The molecule has 4 rings (SSSR count). The molecule has 0 aliphatic rings. The van der Waals surface area contributed by atoms with Crippen molar-refractivity contribution in [3.8, 4) is 0 Å². The van der Waals surface area contributed by atoms with Gasteiger partial charge in [0.1, 0.15) is 23.0 Å². The van der Waals surface area contributed by atoms with E-state index in [-0.39, 0.29) is 18.2 Å². The van der Waals surface area contributed by atoms with Crippen LogP contribution in [-0.2, 0) is 19.1 Å². The Hall–Kier alpha value is -3.69. The molecule has 10 heteroatoms. The number of nitrogens with zero attached hydrogens (tertiary/aromatic N) is 4. The minimum absolute atomic E-state index is 0.137. The fraction of sp³-hybridized carbons (Fsp3) is 0.261. The Bertz CT molecular complexity index is 1300. The molecular formula is C23H22F4N6. The quantitative estimate of drug-likeness (QED) is 0.311. The lowest BCUT2D eigenvalue weighted by Gasteiger charge is -2.19. The lowest BCUT2D eigenvalue weighted by Crippen LogP contribution is -2.18. The largest absolute Gasteiger partial charge is 0.433 e. The van der Waals surface area contributed by atoms with Gasteiger partial charge in [-0.2, -0.15) is 17.6 Å². The van der Waals surface area contributed by atoms with Crippen LogP contribution in [0.5, 0.6) is 0 Å². The summed E-state index contributed by atoms with van der Waals surface area (Å²) < 4.78 is 53.7. The van der Waals surface area contributed by atoms with E-state index in [0.717, 1.165) is 28.2 Å². The second-order valence-corrected chi connectivity index (χ2v) is 7.97. The second kappa shape index (κ2) is 8.68. The molecule has 33 heavy (non-hydrogen) atoms. The lowest BCUT2D eigenvalue weighted by atomic mass is 10.1. The van der Waals surface area contributed by atoms with Gasteiger partial charge in [-0.15, -0.1) is 0 Å². The van der Waals surface area contributed by atoms with Gasteiger partial charge in [-0.25, -0.2) is 15.0 Å². The molecule has 0 fully saturated rings. The van der Waals surface area contributed by atoms with Gasteiger partial charge in [0.05, 0.1) is 0 Å². The van der Waals surface area contributed by atoms with Crippen molar-refractivity contribution in [3.63, 3.8) is 0 Å². The molecule has 0 atom stereocenters. The van der Waals surface area contributed by atoms with Crippen LogP contribution in [0.2, 0.25) is 0 Å². The Morgan fingerprint density at radius 1 is 1.03 bits per heavy atom. The van der Waals surface area contributed by atoms with Gasteiger partial charge in [0.15, 0.2) is 0 Å². The summed E-state index contributed by atoms with van der Waals surface area (Å²) in [6.07, 6.45) is -0.614. The first-order chi connectivity index (χ1) is 15.6. The Morgan fingerprint density at radius 3 is 2.48 bits per heavy atom. The van der Waals surface area contributed by atoms with Crippen LogP contribution in [0.25, 0.3) is 11.0 Å². The zero-order chi connectivity index (χ0) is 23.8. The highest BCUT2D eigenvalue weighted by atomic mass is 19.4. The van der Waals surface area contributed by atoms with E-state index in [1.165, 1.54) is 11.0 Å². The van der Waals surface area contributed by atoms with E-state index in [9.17, 15) is 17.6 Å². The first-order valence-corrected chi connectivity index (χ1v) is 10.2. The smallest absolute Gasteiger partial charge is 0.366 e. The zero-order valence-corrected chi connectivity index (χ0v) is 18.3. The van der Waals surface area contributed by atoms with Crippen LogP contribution >= 0.6 is 0 Å². The highest BCUT2D eigenvalue weighted by molar-refractivity contribution is 5.80. The second-order valence-electron chi connectivity index (χ2n) is 7.97. The van der Waals surface area contributed by atoms with Gasteiger partial charge in [0.2, 0.25) is 5.95 Å². The van der Waals surface area contributed by atoms with E-state index in [1.807, 2.05) is 19.2 Å². The number of aryl methyl sites for hydroxylation is 1. The molecule has 0 unspecified atom stereocenters. The van der Waals surface area contributed by atoms with Crippen molar-refractivity contribution < 1.29 is 17.6 Å². The van der Waals surface area contributed by atoms with E-state index in [0.29, 0.717) is 17.5 Å². The third-order valence-corrected chi connectivity index (χ3v) is 5.19. The number of alkyl halides is 3. The molecule has 2 N–H and O–H groups in total. The molecule has 0 spiro atoms. The monoisotopic (exact) mass is 458 g/mol. The minimum atomic E-state index is -4.53. The molecular weight excluding hydrogens is 436 g/mol. The van der Waals surface area contributed by atoms with E-state index in [2.05, 4.69) is 25.3 Å². The van der Waals surface area contributed by atoms with Crippen LogP contribution < -0.4 is 10.2 Å². The number of aromatic nitrogens is 4. The topological polar surface area (TPSA) is 69.7 Å². The summed E-state index contributed by atoms with van der Waals surface area (Å²) in [5.41, 5.74) is 2.65. The van der Waals surface area contributed by atoms with Crippen LogP contribution in [-0.4, -0.2) is 34.0 Å². The van der Waals surface area contributed by atoms with Crippen molar-refractivity contribution in [2.75, 3.05) is 24.3 Å². The molecule has 0 amide bonds. The van der Waals surface area contributed by atoms with Crippen LogP contribution in [0.15, 0.2) is 42.7 Å². The number of anilines is 2. The molecule has 0 aliphatic heterocycles. The normalized spacial score (nSPS) is 11.7. The summed E-state index contributed by atoms with van der Waals surface area (Å²) in [5, 5.41) is 3.90. The van der Waals surface area contributed by atoms with Gasteiger partial charge in [0.25, 0.3) is 0 Å². The first-order valence-electron chi connectivity index (χ1n) is 10.2. The average molecular weight is 458 g/mol. The first kappa shape index (κ1) is 22.5. The van der Waals surface area contributed by atoms with Crippen LogP contribution in [0, 0.1) is 12.9 Å². The molecule has 4 aromatic heterocycles. The number of halogens is 4. The Balaban J connectivity index is 1.50. The summed E-state index contributed by atoms with van der Waals surface area (Å²) in [5.74, 6) is -0.164. The van der Waals surface area contributed by atoms with Gasteiger partial charge in [-0.05, 0) is 36.2 Å². The molecule has 0 radical (unpaired) electrons. The SMILES string of the molecule is Cc1cnc2[nH]cc(Cc3ccc(NCc4ccc(C(F)(F)F)nc4N(C)C)nc3F)c2c1. The molecule has 0 aromatic carbocycles. The Kier molecular flexibility index (Phi) is 5.92. The number of H-pyrrole nitrogens is 1. The van der Waals surface area contributed by atoms with E-state index in [4.69, 9.17) is 0 Å². The lowest BCUT2D eigenvalue weighted by molar-refractivity contribution is -0.141. The number of aromatic amines is 1.